The Bertz CT molecular complexity index is 1180. The molecule has 0 unspecified atom stereocenters. The number of carbonyl (C=O) groups is 1. The summed E-state index contributed by atoms with van der Waals surface area (Å²) in [5.41, 5.74) is 3.57. The number of anilines is 1. The van der Waals surface area contributed by atoms with Crippen molar-refractivity contribution in [3.63, 3.8) is 0 Å². The largest absolute Gasteiger partial charge is 0.497 e. The molecule has 2 aromatic heterocycles. The highest BCUT2D eigenvalue weighted by Gasteiger charge is 2.14. The van der Waals surface area contributed by atoms with Crippen LogP contribution in [0.15, 0.2) is 54.6 Å². The molecule has 1 N–H and O–H groups in total. The minimum absolute atomic E-state index is 0.0743. The Morgan fingerprint density at radius 3 is 2.63 bits per heavy atom. The standard InChI is InChI=1S/C21H21N7O2/c1-14-7-9-17(10-8-14)28-19(11-15(2)24-28)22-20(29)13-27-25-21(23-26-27)16-5-4-6-18(12-16)30-3/h4-12H,13H2,1-3H3,(H,22,29). The van der Waals surface area contributed by atoms with Crippen molar-refractivity contribution in [2.75, 3.05) is 12.4 Å². The number of benzene rings is 2. The van der Waals surface area contributed by atoms with Gasteiger partial charge in [-0.2, -0.15) is 9.90 Å². The number of nitrogens with zero attached hydrogens (tertiary/aromatic N) is 6. The van der Waals surface area contributed by atoms with Crippen molar-refractivity contribution < 1.29 is 9.53 Å². The molecule has 0 atom stereocenters. The van der Waals surface area contributed by atoms with Gasteiger partial charge in [-0.1, -0.05) is 29.8 Å². The number of ether oxygens (including phenoxy) is 1. The van der Waals surface area contributed by atoms with Crippen LogP contribution in [0.1, 0.15) is 11.3 Å². The Morgan fingerprint density at radius 1 is 1.07 bits per heavy atom. The van der Waals surface area contributed by atoms with Gasteiger partial charge >= 0.3 is 0 Å². The molecule has 1 amide bonds. The van der Waals surface area contributed by atoms with Gasteiger partial charge < -0.3 is 10.1 Å². The first kappa shape index (κ1) is 19.3. The molecule has 0 saturated heterocycles. The highest BCUT2D eigenvalue weighted by Crippen LogP contribution is 2.20. The first-order valence-electron chi connectivity index (χ1n) is 9.37. The summed E-state index contributed by atoms with van der Waals surface area (Å²) in [5, 5.41) is 19.6. The van der Waals surface area contributed by atoms with E-state index in [0.717, 1.165) is 22.5 Å². The third-order valence-electron chi connectivity index (χ3n) is 4.44. The predicted octanol–water partition coefficient (Wildman–Crippen LogP) is 2.79. The van der Waals surface area contributed by atoms with E-state index in [0.29, 0.717) is 17.4 Å². The van der Waals surface area contributed by atoms with Crippen LogP contribution in [0, 0.1) is 13.8 Å². The zero-order chi connectivity index (χ0) is 21.1. The third kappa shape index (κ3) is 4.19. The van der Waals surface area contributed by atoms with Crippen LogP contribution in [0.5, 0.6) is 5.75 Å². The number of aryl methyl sites for hydroxylation is 2. The van der Waals surface area contributed by atoms with Gasteiger partial charge in [-0.25, -0.2) is 4.68 Å². The Labute approximate surface area is 173 Å². The fraction of sp³-hybridized carbons (Fsp3) is 0.190. The van der Waals surface area contributed by atoms with Gasteiger partial charge in [0.05, 0.1) is 18.5 Å². The SMILES string of the molecule is COc1cccc(-c2nnn(CC(=O)Nc3cc(C)nn3-c3ccc(C)cc3)n2)c1. The molecular formula is C21H21N7O2. The number of rotatable bonds is 6. The van der Waals surface area contributed by atoms with Gasteiger partial charge in [0.2, 0.25) is 11.7 Å². The molecule has 9 nitrogen and oxygen atoms in total. The Kier molecular flexibility index (Phi) is 5.25. The number of hydrogen-bond donors (Lipinski definition) is 1. The van der Waals surface area contributed by atoms with E-state index in [1.165, 1.54) is 4.80 Å². The van der Waals surface area contributed by atoms with E-state index < -0.39 is 0 Å². The first-order valence-corrected chi connectivity index (χ1v) is 9.37. The average molecular weight is 403 g/mol. The summed E-state index contributed by atoms with van der Waals surface area (Å²) in [7, 11) is 1.59. The number of nitrogens with one attached hydrogen (secondary N) is 1. The second-order valence-corrected chi connectivity index (χ2v) is 6.84. The maximum absolute atomic E-state index is 12.6. The Balaban J connectivity index is 1.48. The number of amides is 1. The summed E-state index contributed by atoms with van der Waals surface area (Å²) in [6.07, 6.45) is 0. The lowest BCUT2D eigenvalue weighted by molar-refractivity contribution is -0.117. The van der Waals surface area contributed by atoms with Gasteiger partial charge in [-0.15, -0.1) is 10.2 Å². The zero-order valence-electron chi connectivity index (χ0n) is 16.9. The molecule has 2 heterocycles. The lowest BCUT2D eigenvalue weighted by Gasteiger charge is -2.09. The van der Waals surface area contributed by atoms with Crippen LogP contribution < -0.4 is 10.1 Å². The zero-order valence-corrected chi connectivity index (χ0v) is 16.9. The van der Waals surface area contributed by atoms with Crippen molar-refractivity contribution in [1.82, 2.24) is 30.0 Å². The van der Waals surface area contributed by atoms with E-state index in [1.807, 2.05) is 68.4 Å². The molecule has 0 saturated carbocycles. The summed E-state index contributed by atoms with van der Waals surface area (Å²) in [6, 6.07) is 17.1. The van der Waals surface area contributed by atoms with Crippen molar-refractivity contribution in [1.29, 1.82) is 0 Å². The van der Waals surface area contributed by atoms with E-state index in [1.54, 1.807) is 11.8 Å². The minimum Gasteiger partial charge on any atom is -0.497 e. The summed E-state index contributed by atoms with van der Waals surface area (Å²) < 4.78 is 6.91. The molecule has 4 aromatic rings. The number of carbonyl (C=O) groups excluding carboxylic acids is 1. The topological polar surface area (TPSA) is 99.8 Å². The average Bonchev–Trinajstić information content (AvgIpc) is 3.35. The molecule has 0 bridgehead atoms. The maximum atomic E-state index is 12.6. The fourth-order valence-corrected chi connectivity index (χ4v) is 2.97. The van der Waals surface area contributed by atoms with Crippen molar-refractivity contribution in [2.24, 2.45) is 0 Å². The molecule has 0 aliphatic carbocycles. The highest BCUT2D eigenvalue weighted by atomic mass is 16.5. The number of aromatic nitrogens is 6. The number of methoxy groups -OCH3 is 1. The van der Waals surface area contributed by atoms with Crippen LogP contribution in [-0.2, 0) is 11.3 Å². The van der Waals surface area contributed by atoms with Crippen LogP contribution in [0.2, 0.25) is 0 Å². The normalized spacial score (nSPS) is 10.8. The molecule has 0 radical (unpaired) electrons. The summed E-state index contributed by atoms with van der Waals surface area (Å²) in [4.78, 5) is 13.8. The van der Waals surface area contributed by atoms with Gasteiger partial charge in [-0.05, 0) is 43.3 Å². The van der Waals surface area contributed by atoms with Gasteiger partial charge in [-0.3, -0.25) is 4.79 Å². The molecule has 0 aliphatic heterocycles. The van der Waals surface area contributed by atoms with Crippen molar-refractivity contribution in [3.8, 4) is 22.8 Å². The molecular weight excluding hydrogens is 382 g/mol. The summed E-state index contributed by atoms with van der Waals surface area (Å²) in [5.74, 6) is 1.41. The minimum atomic E-state index is -0.280. The molecule has 2 aromatic carbocycles. The smallest absolute Gasteiger partial charge is 0.249 e. The molecule has 0 aliphatic rings. The van der Waals surface area contributed by atoms with Gasteiger partial charge in [0.25, 0.3) is 0 Å². The quantitative estimate of drug-likeness (QED) is 0.531. The van der Waals surface area contributed by atoms with E-state index in [-0.39, 0.29) is 12.5 Å². The lowest BCUT2D eigenvalue weighted by Crippen LogP contribution is -2.22. The predicted molar refractivity (Wildman–Crippen MR) is 111 cm³/mol. The number of hydrogen-bond acceptors (Lipinski definition) is 6. The Hall–Kier alpha value is -4.01. The van der Waals surface area contributed by atoms with Crippen molar-refractivity contribution >= 4 is 11.7 Å². The van der Waals surface area contributed by atoms with E-state index >= 15 is 0 Å². The molecule has 9 heteroatoms. The van der Waals surface area contributed by atoms with Crippen LogP contribution in [0.25, 0.3) is 17.1 Å². The van der Waals surface area contributed by atoms with Crippen molar-refractivity contribution in [2.45, 2.75) is 20.4 Å². The van der Waals surface area contributed by atoms with Gasteiger partial charge in [0.15, 0.2) is 0 Å². The van der Waals surface area contributed by atoms with E-state index in [2.05, 4.69) is 25.8 Å². The van der Waals surface area contributed by atoms with Gasteiger partial charge in [0.1, 0.15) is 18.1 Å². The molecule has 152 valence electrons. The van der Waals surface area contributed by atoms with Crippen LogP contribution in [0.4, 0.5) is 5.82 Å². The van der Waals surface area contributed by atoms with Crippen LogP contribution in [0.3, 0.4) is 0 Å². The van der Waals surface area contributed by atoms with Crippen molar-refractivity contribution in [3.05, 3.63) is 65.9 Å². The van der Waals surface area contributed by atoms with E-state index in [9.17, 15) is 4.79 Å². The second kappa shape index (κ2) is 8.16. The lowest BCUT2D eigenvalue weighted by atomic mass is 10.2. The monoisotopic (exact) mass is 403 g/mol. The summed E-state index contributed by atoms with van der Waals surface area (Å²) in [6.45, 7) is 3.82. The highest BCUT2D eigenvalue weighted by molar-refractivity contribution is 5.90. The second-order valence-electron chi connectivity index (χ2n) is 6.84. The van der Waals surface area contributed by atoms with Gasteiger partial charge in [0, 0.05) is 11.6 Å². The maximum Gasteiger partial charge on any atom is 0.249 e. The summed E-state index contributed by atoms with van der Waals surface area (Å²) >= 11 is 0. The molecule has 0 spiro atoms. The van der Waals surface area contributed by atoms with E-state index in [4.69, 9.17) is 4.74 Å². The molecule has 4 rings (SSSR count). The molecule has 30 heavy (non-hydrogen) atoms. The van der Waals surface area contributed by atoms with Crippen LogP contribution in [-0.4, -0.2) is 43.0 Å². The first-order chi connectivity index (χ1) is 14.5. The Morgan fingerprint density at radius 2 is 1.87 bits per heavy atom. The fourth-order valence-electron chi connectivity index (χ4n) is 2.97. The number of tetrazole rings is 1. The molecule has 0 fully saturated rings. The van der Waals surface area contributed by atoms with Crippen LogP contribution >= 0.6 is 0 Å². The third-order valence-corrected chi connectivity index (χ3v) is 4.44.